The topological polar surface area (TPSA) is 38.3 Å². The van der Waals surface area contributed by atoms with Gasteiger partial charge in [0.05, 0.1) is 0 Å². The van der Waals surface area contributed by atoms with Crippen molar-refractivity contribution in [3.05, 3.63) is 84.4 Å². The molecule has 0 heterocycles. The Hall–Kier alpha value is -2.72. The number of ether oxygens (including phenoxy) is 1. The molecule has 3 rings (SSSR count). The summed E-state index contributed by atoms with van der Waals surface area (Å²) in [6, 6.07) is 24.4. The minimum absolute atomic E-state index is 0.162. The lowest BCUT2D eigenvalue weighted by Gasteiger charge is -2.09. The molecule has 0 radical (unpaired) electrons. The number of hydrogen-bond acceptors (Lipinski definition) is 3. The van der Waals surface area contributed by atoms with Gasteiger partial charge < -0.3 is 10.1 Å². The van der Waals surface area contributed by atoms with Gasteiger partial charge in [0, 0.05) is 16.1 Å². The molecule has 0 atom stereocenters. The number of benzene rings is 3. The summed E-state index contributed by atoms with van der Waals surface area (Å²) < 4.78 is 5.77. The normalized spacial score (nSPS) is 10.2. The molecule has 3 nitrogen and oxygen atoms in total. The molecular formula is C20H17NO2S. The van der Waals surface area contributed by atoms with Crippen LogP contribution >= 0.6 is 11.8 Å². The van der Waals surface area contributed by atoms with E-state index in [-0.39, 0.29) is 5.91 Å². The van der Waals surface area contributed by atoms with Crippen molar-refractivity contribution in [2.24, 2.45) is 0 Å². The maximum Gasteiger partial charge on any atom is 0.255 e. The second kappa shape index (κ2) is 7.70. The first-order valence-corrected chi connectivity index (χ1v) is 8.75. The van der Waals surface area contributed by atoms with Crippen LogP contribution in [-0.4, -0.2) is 12.2 Å². The fraction of sp³-hybridized carbons (Fsp3) is 0.0500. The van der Waals surface area contributed by atoms with Crippen LogP contribution in [0.5, 0.6) is 11.5 Å². The molecule has 4 heteroatoms. The number of carbonyl (C=O) groups excluding carboxylic acids is 1. The van der Waals surface area contributed by atoms with Gasteiger partial charge in [-0.1, -0.05) is 24.3 Å². The van der Waals surface area contributed by atoms with Gasteiger partial charge in [0.2, 0.25) is 0 Å². The first kappa shape index (κ1) is 16.1. The Morgan fingerprint density at radius 3 is 2.29 bits per heavy atom. The van der Waals surface area contributed by atoms with Crippen molar-refractivity contribution in [2.45, 2.75) is 4.90 Å². The largest absolute Gasteiger partial charge is 0.457 e. The highest BCUT2D eigenvalue weighted by atomic mass is 32.2. The maximum atomic E-state index is 12.4. The average molecular weight is 335 g/mol. The Morgan fingerprint density at radius 2 is 1.58 bits per heavy atom. The van der Waals surface area contributed by atoms with E-state index in [4.69, 9.17) is 4.74 Å². The summed E-state index contributed by atoms with van der Waals surface area (Å²) in [5, 5.41) is 2.90. The molecule has 0 unspecified atom stereocenters. The zero-order chi connectivity index (χ0) is 16.8. The summed E-state index contributed by atoms with van der Waals surface area (Å²) in [6.45, 7) is 0. The van der Waals surface area contributed by atoms with Crippen molar-refractivity contribution >= 4 is 23.4 Å². The van der Waals surface area contributed by atoms with Gasteiger partial charge >= 0.3 is 0 Å². The second-order valence-corrected chi connectivity index (χ2v) is 6.01. The van der Waals surface area contributed by atoms with Crippen molar-refractivity contribution in [3.63, 3.8) is 0 Å². The van der Waals surface area contributed by atoms with Gasteiger partial charge in [0.1, 0.15) is 11.5 Å². The number of amides is 1. The van der Waals surface area contributed by atoms with Crippen LogP contribution in [-0.2, 0) is 0 Å². The molecule has 0 aliphatic heterocycles. The fourth-order valence-electron chi connectivity index (χ4n) is 2.20. The maximum absolute atomic E-state index is 12.4. The van der Waals surface area contributed by atoms with E-state index in [0.29, 0.717) is 11.3 Å². The molecule has 1 amide bonds. The second-order valence-electron chi connectivity index (χ2n) is 5.13. The first-order chi connectivity index (χ1) is 11.7. The van der Waals surface area contributed by atoms with E-state index in [2.05, 4.69) is 5.32 Å². The van der Waals surface area contributed by atoms with E-state index in [9.17, 15) is 4.79 Å². The molecule has 3 aromatic carbocycles. The molecular weight excluding hydrogens is 318 g/mol. The molecule has 0 bridgehead atoms. The SMILES string of the molecule is CSc1ccc(NC(=O)c2cccc(Oc3ccccc3)c2)cc1. The number of thioether (sulfide) groups is 1. The third kappa shape index (κ3) is 4.18. The van der Waals surface area contributed by atoms with Crippen molar-refractivity contribution in [1.29, 1.82) is 0 Å². The Morgan fingerprint density at radius 1 is 0.875 bits per heavy atom. The molecule has 0 saturated heterocycles. The highest BCUT2D eigenvalue weighted by Gasteiger charge is 2.08. The summed E-state index contributed by atoms with van der Waals surface area (Å²) >= 11 is 1.67. The van der Waals surface area contributed by atoms with Gasteiger partial charge in [-0.3, -0.25) is 4.79 Å². The minimum Gasteiger partial charge on any atom is -0.457 e. The van der Waals surface area contributed by atoms with E-state index >= 15 is 0 Å². The number of nitrogens with one attached hydrogen (secondary N) is 1. The monoisotopic (exact) mass is 335 g/mol. The van der Waals surface area contributed by atoms with Gasteiger partial charge in [0.25, 0.3) is 5.91 Å². The average Bonchev–Trinajstić information content (AvgIpc) is 2.63. The fourth-order valence-corrected chi connectivity index (χ4v) is 2.61. The summed E-state index contributed by atoms with van der Waals surface area (Å²) in [5.41, 5.74) is 1.32. The molecule has 1 N–H and O–H groups in total. The number of rotatable bonds is 5. The Balaban J connectivity index is 1.71. The Bertz CT molecular complexity index is 817. The van der Waals surface area contributed by atoms with E-state index < -0.39 is 0 Å². The number of para-hydroxylation sites is 1. The smallest absolute Gasteiger partial charge is 0.255 e. The molecule has 0 aromatic heterocycles. The third-order valence-electron chi connectivity index (χ3n) is 3.42. The molecule has 24 heavy (non-hydrogen) atoms. The van der Waals surface area contributed by atoms with Crippen LogP contribution in [0.2, 0.25) is 0 Å². The molecule has 0 spiro atoms. The molecule has 3 aromatic rings. The van der Waals surface area contributed by atoms with Gasteiger partial charge in [-0.15, -0.1) is 11.8 Å². The lowest BCUT2D eigenvalue weighted by atomic mass is 10.2. The summed E-state index contributed by atoms with van der Waals surface area (Å²) in [5.74, 6) is 1.21. The lowest BCUT2D eigenvalue weighted by Crippen LogP contribution is -2.11. The van der Waals surface area contributed by atoms with E-state index in [1.54, 1.807) is 23.9 Å². The van der Waals surface area contributed by atoms with Crippen molar-refractivity contribution in [3.8, 4) is 11.5 Å². The number of anilines is 1. The van der Waals surface area contributed by atoms with Crippen molar-refractivity contribution in [1.82, 2.24) is 0 Å². The predicted molar refractivity (Wildman–Crippen MR) is 99.1 cm³/mol. The van der Waals surface area contributed by atoms with Gasteiger partial charge in [-0.05, 0) is 60.9 Å². The summed E-state index contributed by atoms with van der Waals surface area (Å²) in [6.07, 6.45) is 2.02. The molecule has 0 aliphatic rings. The van der Waals surface area contributed by atoms with Crippen LogP contribution in [0.15, 0.2) is 83.8 Å². The summed E-state index contributed by atoms with van der Waals surface area (Å²) in [7, 11) is 0. The van der Waals surface area contributed by atoms with Crippen LogP contribution in [0.4, 0.5) is 5.69 Å². The van der Waals surface area contributed by atoms with Gasteiger partial charge in [-0.2, -0.15) is 0 Å². The Kier molecular flexibility index (Phi) is 5.18. The zero-order valence-electron chi connectivity index (χ0n) is 13.2. The van der Waals surface area contributed by atoms with Crippen molar-refractivity contribution < 1.29 is 9.53 Å². The van der Waals surface area contributed by atoms with Crippen LogP contribution in [0.25, 0.3) is 0 Å². The molecule has 0 fully saturated rings. The molecule has 0 saturated carbocycles. The highest BCUT2D eigenvalue weighted by molar-refractivity contribution is 7.98. The zero-order valence-corrected chi connectivity index (χ0v) is 14.0. The van der Waals surface area contributed by atoms with Crippen LogP contribution < -0.4 is 10.1 Å². The summed E-state index contributed by atoms with van der Waals surface area (Å²) in [4.78, 5) is 13.6. The van der Waals surface area contributed by atoms with Gasteiger partial charge in [-0.25, -0.2) is 0 Å². The standard InChI is InChI=1S/C20H17NO2S/c1-24-19-12-10-16(11-13-19)21-20(22)15-6-5-9-18(14-15)23-17-7-3-2-4-8-17/h2-14H,1H3,(H,21,22). The molecule has 120 valence electrons. The first-order valence-electron chi connectivity index (χ1n) is 7.53. The van der Waals surface area contributed by atoms with Crippen molar-refractivity contribution in [2.75, 3.05) is 11.6 Å². The van der Waals surface area contributed by atoms with E-state index in [1.807, 2.05) is 73.0 Å². The predicted octanol–water partition coefficient (Wildman–Crippen LogP) is 5.45. The number of hydrogen-bond donors (Lipinski definition) is 1. The van der Waals surface area contributed by atoms with E-state index in [1.165, 1.54) is 0 Å². The van der Waals surface area contributed by atoms with Crippen LogP contribution in [0.1, 0.15) is 10.4 Å². The third-order valence-corrected chi connectivity index (χ3v) is 4.17. The molecule has 0 aliphatic carbocycles. The van der Waals surface area contributed by atoms with Crippen LogP contribution in [0, 0.1) is 0 Å². The number of carbonyl (C=O) groups is 1. The van der Waals surface area contributed by atoms with E-state index in [0.717, 1.165) is 16.3 Å². The lowest BCUT2D eigenvalue weighted by molar-refractivity contribution is 0.102. The Labute approximate surface area is 145 Å². The quantitative estimate of drug-likeness (QED) is 0.630. The highest BCUT2D eigenvalue weighted by Crippen LogP contribution is 2.23. The minimum atomic E-state index is -0.162. The van der Waals surface area contributed by atoms with Crippen LogP contribution in [0.3, 0.4) is 0 Å². The van der Waals surface area contributed by atoms with Gasteiger partial charge in [0.15, 0.2) is 0 Å².